The lowest BCUT2D eigenvalue weighted by molar-refractivity contribution is 0.360. The molecule has 4 heteroatoms. The quantitative estimate of drug-likeness (QED) is 0.169. The van der Waals surface area contributed by atoms with Gasteiger partial charge in [0.25, 0.3) is 0 Å². The number of benzene rings is 9. The highest BCUT2D eigenvalue weighted by Crippen LogP contribution is 2.62. The minimum absolute atomic E-state index is 0.549. The van der Waals surface area contributed by atoms with Crippen LogP contribution in [0.5, 0.6) is 23.0 Å². The Kier molecular flexibility index (Phi) is 8.04. The minimum atomic E-state index is -0.549. The minimum Gasteiger partial charge on any atom is -0.449 e. The van der Waals surface area contributed by atoms with Crippen LogP contribution in [0.4, 0.5) is 0 Å². The van der Waals surface area contributed by atoms with Gasteiger partial charge in [0, 0.05) is 22.3 Å². The summed E-state index contributed by atoms with van der Waals surface area (Å²) in [6.07, 6.45) is 0. The number of aromatic nitrogens is 2. The van der Waals surface area contributed by atoms with E-state index in [-0.39, 0.29) is 0 Å². The van der Waals surface area contributed by atoms with Crippen molar-refractivity contribution in [2.75, 3.05) is 0 Å². The highest BCUT2D eigenvalue weighted by Gasteiger charge is 2.48. The van der Waals surface area contributed by atoms with E-state index in [0.717, 1.165) is 67.0 Å². The number of fused-ring (bicyclic) bond motifs is 7. The second-order valence-corrected chi connectivity index (χ2v) is 15.6. The molecule has 0 spiro atoms. The maximum absolute atomic E-state index is 7.09. The van der Waals surface area contributed by atoms with Gasteiger partial charge >= 0.3 is 0 Å². The molecule has 0 atom stereocenters. The van der Waals surface area contributed by atoms with Crippen molar-refractivity contribution in [2.24, 2.45) is 0 Å². The molecule has 0 bridgehead atoms. The van der Waals surface area contributed by atoms with Crippen molar-refractivity contribution in [3.63, 3.8) is 0 Å². The Labute approximate surface area is 354 Å². The van der Waals surface area contributed by atoms with Crippen LogP contribution in [0, 0.1) is 0 Å². The first-order valence-corrected chi connectivity index (χ1v) is 20.6. The Morgan fingerprint density at radius 1 is 0.361 bits per heavy atom. The molecule has 286 valence electrons. The van der Waals surface area contributed by atoms with Gasteiger partial charge in [0.2, 0.25) is 0 Å². The standard InChI is InChI=1S/C57H36N2O2/c1-4-18-38(19-5-1)49-36-50(44-29-16-20-37-17-10-11-25-42(37)44)59-56(58-49)45-27-13-12-26-43(45)39-31-33-51-53(35-39)61-55-52(60-51)34-32-48-54(55)46-28-14-15-30-47(46)57(48,40-21-6-2-7-22-40)41-23-8-3-9-24-41/h1-36H. The first kappa shape index (κ1) is 34.9. The first-order chi connectivity index (χ1) is 30.2. The van der Waals surface area contributed by atoms with Crippen LogP contribution in [0.25, 0.3) is 66.9 Å². The molecule has 0 N–H and O–H groups in total. The molecule has 1 aliphatic heterocycles. The van der Waals surface area contributed by atoms with E-state index in [2.05, 4.69) is 194 Å². The molecule has 1 aromatic heterocycles. The van der Waals surface area contributed by atoms with Crippen LogP contribution in [-0.4, -0.2) is 9.97 Å². The zero-order chi connectivity index (χ0) is 40.3. The molecule has 0 fully saturated rings. The molecule has 0 radical (unpaired) electrons. The summed E-state index contributed by atoms with van der Waals surface area (Å²) in [7, 11) is 0. The second kappa shape index (κ2) is 14.0. The Balaban J connectivity index is 1.000. The largest absolute Gasteiger partial charge is 0.449 e. The van der Waals surface area contributed by atoms with Gasteiger partial charge in [-0.3, -0.25) is 0 Å². The van der Waals surface area contributed by atoms with Crippen molar-refractivity contribution in [2.45, 2.75) is 5.41 Å². The highest BCUT2D eigenvalue weighted by molar-refractivity contribution is 5.97. The molecule has 4 nitrogen and oxygen atoms in total. The summed E-state index contributed by atoms with van der Waals surface area (Å²) in [5, 5.41) is 2.31. The predicted molar refractivity (Wildman–Crippen MR) is 245 cm³/mol. The molecule has 0 saturated heterocycles. The van der Waals surface area contributed by atoms with Crippen molar-refractivity contribution in [3.05, 3.63) is 241 Å². The lowest BCUT2D eigenvalue weighted by Gasteiger charge is -2.34. The van der Waals surface area contributed by atoms with Gasteiger partial charge < -0.3 is 9.47 Å². The van der Waals surface area contributed by atoms with E-state index in [9.17, 15) is 0 Å². The lowest BCUT2D eigenvalue weighted by atomic mass is 9.68. The van der Waals surface area contributed by atoms with Crippen LogP contribution in [-0.2, 0) is 5.41 Å². The molecule has 2 aliphatic rings. The van der Waals surface area contributed by atoms with E-state index < -0.39 is 5.41 Å². The van der Waals surface area contributed by atoms with Crippen molar-refractivity contribution in [1.82, 2.24) is 9.97 Å². The van der Waals surface area contributed by atoms with Crippen LogP contribution in [0.1, 0.15) is 22.3 Å². The fraction of sp³-hybridized carbons (Fsp3) is 0.0175. The van der Waals surface area contributed by atoms with Gasteiger partial charge in [-0.05, 0) is 74.0 Å². The molecule has 9 aromatic carbocycles. The van der Waals surface area contributed by atoms with E-state index >= 15 is 0 Å². The Hall–Kier alpha value is -8.08. The molecule has 0 unspecified atom stereocenters. The Morgan fingerprint density at radius 3 is 1.75 bits per heavy atom. The van der Waals surface area contributed by atoms with Crippen LogP contribution in [0.15, 0.2) is 218 Å². The molecule has 61 heavy (non-hydrogen) atoms. The van der Waals surface area contributed by atoms with Crippen LogP contribution < -0.4 is 9.47 Å². The molecule has 1 aliphatic carbocycles. The fourth-order valence-corrected chi connectivity index (χ4v) is 9.57. The van der Waals surface area contributed by atoms with Gasteiger partial charge in [0.05, 0.1) is 16.8 Å². The summed E-state index contributed by atoms with van der Waals surface area (Å²) in [5.74, 6) is 3.37. The van der Waals surface area contributed by atoms with Gasteiger partial charge in [-0.1, -0.05) is 194 Å². The molecule has 0 amide bonds. The monoisotopic (exact) mass is 780 g/mol. The maximum Gasteiger partial charge on any atom is 0.178 e. The number of ether oxygens (including phenoxy) is 2. The van der Waals surface area contributed by atoms with Gasteiger partial charge in [-0.2, -0.15) is 0 Å². The highest BCUT2D eigenvalue weighted by atomic mass is 16.6. The summed E-state index contributed by atoms with van der Waals surface area (Å²) in [5.41, 5.74) is 13.1. The second-order valence-electron chi connectivity index (χ2n) is 15.6. The van der Waals surface area contributed by atoms with Crippen molar-refractivity contribution >= 4 is 10.8 Å². The molecule has 10 aromatic rings. The van der Waals surface area contributed by atoms with Crippen molar-refractivity contribution in [1.29, 1.82) is 0 Å². The van der Waals surface area contributed by atoms with E-state index in [1.807, 2.05) is 24.3 Å². The summed E-state index contributed by atoms with van der Waals surface area (Å²) < 4.78 is 13.8. The van der Waals surface area contributed by atoms with Gasteiger partial charge in [-0.25, -0.2) is 9.97 Å². The average molecular weight is 781 g/mol. The summed E-state index contributed by atoms with van der Waals surface area (Å²) in [6, 6.07) is 76.4. The first-order valence-electron chi connectivity index (χ1n) is 20.6. The number of hydrogen-bond donors (Lipinski definition) is 0. The maximum atomic E-state index is 7.09. The third-order valence-corrected chi connectivity index (χ3v) is 12.3. The van der Waals surface area contributed by atoms with E-state index in [4.69, 9.17) is 19.4 Å². The van der Waals surface area contributed by atoms with Gasteiger partial charge in [0.15, 0.2) is 28.8 Å². The van der Waals surface area contributed by atoms with E-state index in [1.165, 1.54) is 22.1 Å². The Morgan fingerprint density at radius 2 is 0.967 bits per heavy atom. The molecular formula is C57H36N2O2. The summed E-state index contributed by atoms with van der Waals surface area (Å²) >= 11 is 0. The third kappa shape index (κ3) is 5.53. The van der Waals surface area contributed by atoms with Crippen molar-refractivity contribution < 1.29 is 9.47 Å². The van der Waals surface area contributed by atoms with Gasteiger partial charge in [-0.15, -0.1) is 0 Å². The molecule has 0 saturated carbocycles. The SMILES string of the molecule is c1ccc(-c2cc(-c3cccc4ccccc34)nc(-c3ccccc3-c3ccc4c(c3)Oc3c(ccc5c3-c3ccccc3C5(c3ccccc3)c3ccccc3)O4)n2)cc1. The average Bonchev–Trinajstić information content (AvgIpc) is 3.65. The van der Waals surface area contributed by atoms with Crippen molar-refractivity contribution in [3.8, 4) is 79.2 Å². The molecular weight excluding hydrogens is 745 g/mol. The number of hydrogen-bond acceptors (Lipinski definition) is 4. The molecule has 12 rings (SSSR count). The zero-order valence-electron chi connectivity index (χ0n) is 33.0. The third-order valence-electron chi connectivity index (χ3n) is 12.3. The van der Waals surface area contributed by atoms with Gasteiger partial charge in [0.1, 0.15) is 0 Å². The topological polar surface area (TPSA) is 44.2 Å². The van der Waals surface area contributed by atoms with Crippen LogP contribution in [0.3, 0.4) is 0 Å². The summed E-state index contributed by atoms with van der Waals surface area (Å²) in [4.78, 5) is 10.6. The zero-order valence-corrected chi connectivity index (χ0v) is 33.0. The Bertz CT molecular complexity index is 3260. The molecule has 2 heterocycles. The fourth-order valence-electron chi connectivity index (χ4n) is 9.57. The lowest BCUT2D eigenvalue weighted by Crippen LogP contribution is -2.28. The number of rotatable bonds is 6. The normalized spacial score (nSPS) is 13.0. The number of nitrogens with zero attached hydrogens (tertiary/aromatic N) is 2. The van der Waals surface area contributed by atoms with Crippen LogP contribution >= 0.6 is 0 Å². The summed E-state index contributed by atoms with van der Waals surface area (Å²) in [6.45, 7) is 0. The van der Waals surface area contributed by atoms with E-state index in [1.54, 1.807) is 0 Å². The van der Waals surface area contributed by atoms with E-state index in [0.29, 0.717) is 23.1 Å². The smallest absolute Gasteiger partial charge is 0.178 e. The van der Waals surface area contributed by atoms with Crippen LogP contribution in [0.2, 0.25) is 0 Å². The predicted octanol–water partition coefficient (Wildman–Crippen LogP) is 14.6.